The summed E-state index contributed by atoms with van der Waals surface area (Å²) < 4.78 is 0. The average Bonchev–Trinajstić information content (AvgIpc) is 2.84. The fraction of sp³-hybridized carbons (Fsp3) is 0. The number of halogens is 1. The van der Waals surface area contributed by atoms with Gasteiger partial charge in [0.15, 0.2) is 0 Å². The molecule has 0 saturated heterocycles. The molecule has 0 unspecified atom stereocenters. The maximum Gasteiger partial charge on any atom is 0.255 e. The van der Waals surface area contributed by atoms with Crippen molar-refractivity contribution in [2.75, 3.05) is 5.32 Å². The monoisotopic (exact) mass is 435 g/mol. The molecule has 0 aliphatic carbocycles. The molecule has 4 nitrogen and oxygen atoms in total. The summed E-state index contributed by atoms with van der Waals surface area (Å²) in [5.74, 6) is -0.232. The van der Waals surface area contributed by atoms with Gasteiger partial charge in [-0.25, -0.2) is 9.97 Å². The number of rotatable bonds is 4. The number of carbonyl (C=O) groups is 1. The highest BCUT2D eigenvalue weighted by molar-refractivity contribution is 6.31. The van der Waals surface area contributed by atoms with Crippen LogP contribution in [0.25, 0.3) is 33.5 Å². The minimum atomic E-state index is -0.232. The molecule has 0 aliphatic heterocycles. The Balaban J connectivity index is 1.58. The first kappa shape index (κ1) is 19.9. The van der Waals surface area contributed by atoms with Gasteiger partial charge in [0, 0.05) is 27.4 Å². The maximum atomic E-state index is 12.6. The molecule has 1 amide bonds. The zero-order valence-electron chi connectivity index (χ0n) is 17.0. The molecule has 5 aromatic rings. The molecule has 0 aliphatic rings. The number of hydrogen-bond acceptors (Lipinski definition) is 3. The van der Waals surface area contributed by atoms with Gasteiger partial charge < -0.3 is 5.32 Å². The van der Waals surface area contributed by atoms with Crippen molar-refractivity contribution in [2.24, 2.45) is 0 Å². The number of amides is 1. The second-order valence-corrected chi connectivity index (χ2v) is 7.76. The third-order valence-corrected chi connectivity index (χ3v) is 5.34. The van der Waals surface area contributed by atoms with Gasteiger partial charge >= 0.3 is 0 Å². The molecule has 32 heavy (non-hydrogen) atoms. The minimum Gasteiger partial charge on any atom is -0.322 e. The summed E-state index contributed by atoms with van der Waals surface area (Å²) in [5.41, 5.74) is 6.18. The van der Waals surface area contributed by atoms with Gasteiger partial charge in [-0.1, -0.05) is 78.3 Å². The third kappa shape index (κ3) is 4.09. The van der Waals surface area contributed by atoms with Gasteiger partial charge in [0.2, 0.25) is 0 Å². The summed E-state index contributed by atoms with van der Waals surface area (Å²) >= 11 is 6.01. The van der Waals surface area contributed by atoms with Crippen molar-refractivity contribution in [3.05, 3.63) is 114 Å². The van der Waals surface area contributed by atoms with Gasteiger partial charge in [-0.3, -0.25) is 4.79 Å². The average molecular weight is 436 g/mol. The van der Waals surface area contributed by atoms with Crippen LogP contribution in [0.2, 0.25) is 5.02 Å². The molecular formula is C27H18ClN3O. The van der Waals surface area contributed by atoms with E-state index < -0.39 is 0 Å². The molecular weight excluding hydrogens is 418 g/mol. The van der Waals surface area contributed by atoms with E-state index in [2.05, 4.69) is 5.32 Å². The van der Waals surface area contributed by atoms with Crippen LogP contribution in [0.3, 0.4) is 0 Å². The Morgan fingerprint density at radius 3 is 1.91 bits per heavy atom. The van der Waals surface area contributed by atoms with Gasteiger partial charge in [0.05, 0.1) is 22.4 Å². The first-order valence-corrected chi connectivity index (χ1v) is 10.5. The van der Waals surface area contributed by atoms with Crippen LogP contribution in [0, 0.1) is 0 Å². The van der Waals surface area contributed by atoms with Crippen LogP contribution >= 0.6 is 11.6 Å². The number of nitrogens with zero attached hydrogens (tertiary/aromatic N) is 2. The van der Waals surface area contributed by atoms with E-state index in [0.717, 1.165) is 28.0 Å². The van der Waals surface area contributed by atoms with E-state index in [9.17, 15) is 4.79 Å². The molecule has 154 valence electrons. The van der Waals surface area contributed by atoms with E-state index >= 15 is 0 Å². The fourth-order valence-corrected chi connectivity index (χ4v) is 3.75. The lowest BCUT2D eigenvalue weighted by Gasteiger charge is -2.12. The van der Waals surface area contributed by atoms with Crippen LogP contribution in [0.15, 0.2) is 103 Å². The van der Waals surface area contributed by atoms with Crippen molar-refractivity contribution in [1.82, 2.24) is 9.97 Å². The van der Waals surface area contributed by atoms with Gasteiger partial charge in [0.25, 0.3) is 5.91 Å². The Kier molecular flexibility index (Phi) is 5.36. The lowest BCUT2D eigenvalue weighted by molar-refractivity contribution is 0.102. The summed E-state index contributed by atoms with van der Waals surface area (Å²) in [6.45, 7) is 0. The van der Waals surface area contributed by atoms with Crippen molar-refractivity contribution in [3.63, 3.8) is 0 Å². The van der Waals surface area contributed by atoms with Crippen LogP contribution in [0.4, 0.5) is 5.69 Å². The lowest BCUT2D eigenvalue weighted by atomic mass is 10.0. The highest BCUT2D eigenvalue weighted by Crippen LogP contribution is 2.31. The predicted molar refractivity (Wildman–Crippen MR) is 130 cm³/mol. The SMILES string of the molecule is O=C(Nc1ccc2nc(-c3ccccc3)c(-c3ccccc3)nc2c1)c1cccc(Cl)c1. The van der Waals surface area contributed by atoms with Gasteiger partial charge in [-0.05, 0) is 36.4 Å². The number of hydrogen-bond donors (Lipinski definition) is 1. The summed E-state index contributed by atoms with van der Waals surface area (Å²) in [6.07, 6.45) is 0. The summed E-state index contributed by atoms with van der Waals surface area (Å²) in [6, 6.07) is 32.4. The fourth-order valence-electron chi connectivity index (χ4n) is 3.56. The van der Waals surface area contributed by atoms with E-state index in [4.69, 9.17) is 21.6 Å². The zero-order valence-corrected chi connectivity index (χ0v) is 17.8. The minimum absolute atomic E-state index is 0.232. The van der Waals surface area contributed by atoms with E-state index in [1.807, 2.05) is 78.9 Å². The number of benzene rings is 4. The smallest absolute Gasteiger partial charge is 0.255 e. The first-order valence-electron chi connectivity index (χ1n) is 10.2. The van der Waals surface area contributed by atoms with E-state index in [0.29, 0.717) is 21.8 Å². The Labute approximate surface area is 190 Å². The van der Waals surface area contributed by atoms with E-state index in [-0.39, 0.29) is 5.91 Å². The normalized spacial score (nSPS) is 10.8. The van der Waals surface area contributed by atoms with E-state index in [1.165, 1.54) is 0 Å². The topological polar surface area (TPSA) is 54.9 Å². The molecule has 1 aromatic heterocycles. The molecule has 5 heteroatoms. The number of carbonyl (C=O) groups excluding carboxylic acids is 1. The van der Waals surface area contributed by atoms with Crippen LogP contribution in [-0.4, -0.2) is 15.9 Å². The van der Waals surface area contributed by atoms with Crippen LogP contribution in [0.5, 0.6) is 0 Å². The predicted octanol–water partition coefficient (Wildman–Crippen LogP) is 6.87. The van der Waals surface area contributed by atoms with Crippen LogP contribution < -0.4 is 5.32 Å². The Hall–Kier alpha value is -4.02. The van der Waals surface area contributed by atoms with Gasteiger partial charge in [-0.2, -0.15) is 0 Å². The molecule has 0 fully saturated rings. The molecule has 4 aromatic carbocycles. The van der Waals surface area contributed by atoms with Crippen LogP contribution in [0.1, 0.15) is 10.4 Å². The number of anilines is 1. The van der Waals surface area contributed by atoms with E-state index in [1.54, 1.807) is 24.3 Å². The standard InChI is InChI=1S/C27H18ClN3O/c28-21-13-7-12-20(16-21)27(32)29-22-14-15-23-24(17-22)31-26(19-10-5-2-6-11-19)25(30-23)18-8-3-1-4-9-18/h1-17H,(H,29,32). The highest BCUT2D eigenvalue weighted by Gasteiger charge is 2.14. The van der Waals surface area contributed by atoms with Crippen molar-refractivity contribution >= 4 is 34.2 Å². The zero-order chi connectivity index (χ0) is 21.9. The molecule has 1 N–H and O–H groups in total. The number of nitrogens with one attached hydrogen (secondary N) is 1. The first-order chi connectivity index (χ1) is 15.7. The third-order valence-electron chi connectivity index (χ3n) is 5.10. The Morgan fingerprint density at radius 2 is 1.28 bits per heavy atom. The molecule has 0 spiro atoms. The summed E-state index contributed by atoms with van der Waals surface area (Å²) in [4.78, 5) is 22.5. The van der Waals surface area contributed by atoms with Gasteiger partial charge in [-0.15, -0.1) is 0 Å². The molecule has 1 heterocycles. The molecule has 0 atom stereocenters. The maximum absolute atomic E-state index is 12.6. The molecule has 0 saturated carbocycles. The summed E-state index contributed by atoms with van der Waals surface area (Å²) in [5, 5.41) is 3.43. The second-order valence-electron chi connectivity index (χ2n) is 7.32. The largest absolute Gasteiger partial charge is 0.322 e. The number of fused-ring (bicyclic) bond motifs is 1. The van der Waals surface area contributed by atoms with Crippen molar-refractivity contribution < 1.29 is 4.79 Å². The molecule has 5 rings (SSSR count). The van der Waals surface area contributed by atoms with Crippen molar-refractivity contribution in [3.8, 4) is 22.5 Å². The van der Waals surface area contributed by atoms with Crippen molar-refractivity contribution in [2.45, 2.75) is 0 Å². The number of aromatic nitrogens is 2. The Morgan fingerprint density at radius 1 is 0.656 bits per heavy atom. The quantitative estimate of drug-likeness (QED) is 0.335. The highest BCUT2D eigenvalue weighted by atomic mass is 35.5. The van der Waals surface area contributed by atoms with Crippen LogP contribution in [-0.2, 0) is 0 Å². The summed E-state index contributed by atoms with van der Waals surface area (Å²) in [7, 11) is 0. The lowest BCUT2D eigenvalue weighted by Crippen LogP contribution is -2.11. The van der Waals surface area contributed by atoms with Crippen molar-refractivity contribution in [1.29, 1.82) is 0 Å². The second kappa shape index (κ2) is 8.61. The van der Waals surface area contributed by atoms with Gasteiger partial charge in [0.1, 0.15) is 0 Å². The Bertz CT molecular complexity index is 1420. The molecule has 0 bridgehead atoms. The molecule has 0 radical (unpaired) electrons.